The summed E-state index contributed by atoms with van der Waals surface area (Å²) >= 11 is 0. The van der Waals surface area contributed by atoms with Gasteiger partial charge >= 0.3 is 35.5 Å². The molecule has 0 fully saturated rings. The summed E-state index contributed by atoms with van der Waals surface area (Å²) in [7, 11) is 1.42. The molecule has 1 atom stereocenters. The predicted octanol–water partition coefficient (Wildman–Crippen LogP) is -4.17. The number of carbonyl (C=O) groups is 2. The topological polar surface area (TPSA) is 195 Å². The van der Waals surface area contributed by atoms with Crippen LogP contribution in [0.4, 0.5) is 0 Å². The minimum absolute atomic E-state index is 0. The number of ether oxygens (including phenoxy) is 1. The molecule has 1 aromatic carbocycles. The Morgan fingerprint density at radius 2 is 2.07 bits per heavy atom. The molecule has 8 N–H and O–H groups in total. The second-order valence-corrected chi connectivity index (χ2v) is 5.01. The van der Waals surface area contributed by atoms with Gasteiger partial charge in [-0.1, -0.05) is 12.1 Å². The van der Waals surface area contributed by atoms with Crippen LogP contribution in [0.2, 0.25) is 0 Å². The van der Waals surface area contributed by atoms with Crippen LogP contribution in [0, 0.1) is 5.41 Å². The van der Waals surface area contributed by atoms with E-state index in [-0.39, 0.29) is 41.3 Å². The van der Waals surface area contributed by atoms with Crippen LogP contribution in [0.25, 0.3) is 6.08 Å². The first-order valence-electron chi connectivity index (χ1n) is 7.49. The average molecular weight is 390 g/mol. The average Bonchev–Trinajstić information content (AvgIpc) is 2.58. The van der Waals surface area contributed by atoms with Gasteiger partial charge in [0.05, 0.1) is 13.1 Å². The second-order valence-electron chi connectivity index (χ2n) is 5.01. The summed E-state index contributed by atoms with van der Waals surface area (Å²) in [4.78, 5) is 20.3. The number of benzene rings is 1. The Morgan fingerprint density at radius 1 is 1.44 bits per heavy atom. The Balaban J connectivity index is 0. The van der Waals surface area contributed by atoms with Gasteiger partial charge < -0.3 is 41.6 Å². The summed E-state index contributed by atoms with van der Waals surface area (Å²) in [6.07, 6.45) is 3.24. The van der Waals surface area contributed by atoms with Crippen molar-refractivity contribution in [3.63, 3.8) is 0 Å². The van der Waals surface area contributed by atoms with Crippen LogP contribution >= 0.6 is 0 Å². The maximum Gasteiger partial charge on any atom is 1.00 e. The fraction of sp³-hybridized carbons (Fsp3) is 0.312. The molecule has 1 rings (SSSR count). The second kappa shape index (κ2) is 14.9. The van der Waals surface area contributed by atoms with E-state index in [1.54, 1.807) is 6.07 Å². The molecule has 27 heavy (non-hydrogen) atoms. The quantitative estimate of drug-likeness (QED) is 0.0839. The third-order valence-electron chi connectivity index (χ3n) is 2.94. The molecular formula is C16H23N4NaO6. The van der Waals surface area contributed by atoms with Gasteiger partial charge in [-0.3, -0.25) is 10.2 Å². The van der Waals surface area contributed by atoms with Gasteiger partial charge in [-0.2, -0.15) is 0 Å². The van der Waals surface area contributed by atoms with Crippen molar-refractivity contribution in [2.75, 3.05) is 13.7 Å². The van der Waals surface area contributed by atoms with E-state index >= 15 is 0 Å². The Hall–Kier alpha value is -2.27. The molecule has 0 aromatic heterocycles. The number of carbonyl (C=O) groups excluding carboxylic acids is 1. The molecule has 0 spiro atoms. The van der Waals surface area contributed by atoms with Gasteiger partial charge in [-0.05, 0) is 36.6 Å². The van der Waals surface area contributed by atoms with Crippen LogP contribution in [0.3, 0.4) is 0 Å². The number of phenolic OH excluding ortho intramolecular Hbond substituents is 1. The fourth-order valence-corrected chi connectivity index (χ4v) is 1.63. The van der Waals surface area contributed by atoms with Crippen molar-refractivity contribution in [2.24, 2.45) is 11.5 Å². The van der Waals surface area contributed by atoms with Gasteiger partial charge in [0, 0.05) is 6.54 Å². The van der Waals surface area contributed by atoms with Crippen LogP contribution in [-0.4, -0.2) is 47.8 Å². The Kier molecular flexibility index (Phi) is 14.8. The van der Waals surface area contributed by atoms with E-state index in [9.17, 15) is 19.8 Å². The maximum atomic E-state index is 10.2. The number of phenols is 1. The van der Waals surface area contributed by atoms with Crippen molar-refractivity contribution in [1.82, 2.24) is 5.32 Å². The fourth-order valence-electron chi connectivity index (χ4n) is 1.63. The molecule has 10 nitrogen and oxygen atoms in total. The summed E-state index contributed by atoms with van der Waals surface area (Å²) < 4.78 is 4.85. The standard InChI is InChI=1S/C10H10O4.C6H14N4O2.Na/c1-14-9-6-7(2-4-8(9)11)3-5-10(12)13;7-4(5(11)12)2-1-3-10-6(8)9;/h2-6,11H,1H3,(H,12,13);4H,1-3,7H2,(H,11,12)(H4,8,9,10);/q;;+1/p-1. The molecule has 144 valence electrons. The molecule has 0 saturated carbocycles. The molecule has 0 bridgehead atoms. The SMILES string of the molecule is COc1cc(C=CC(=O)[O-])ccc1O.N=C(N)NCCCC(N)C(=O)O.[Na+]. The van der Waals surface area contributed by atoms with Crippen LogP contribution in [0.15, 0.2) is 24.3 Å². The van der Waals surface area contributed by atoms with E-state index in [0.29, 0.717) is 30.7 Å². The molecular weight excluding hydrogens is 367 g/mol. The molecule has 0 radical (unpaired) electrons. The van der Waals surface area contributed by atoms with Gasteiger partial charge in [-0.25, -0.2) is 0 Å². The molecule has 0 amide bonds. The van der Waals surface area contributed by atoms with Crippen molar-refractivity contribution in [3.8, 4) is 11.5 Å². The number of guanidine groups is 1. The first-order chi connectivity index (χ1) is 12.2. The number of methoxy groups -OCH3 is 1. The molecule has 1 unspecified atom stereocenters. The third kappa shape index (κ3) is 13.6. The van der Waals surface area contributed by atoms with E-state index in [2.05, 4.69) is 5.32 Å². The first-order valence-corrected chi connectivity index (χ1v) is 7.49. The largest absolute Gasteiger partial charge is 1.00 e. The van der Waals surface area contributed by atoms with Gasteiger partial charge in [0.25, 0.3) is 0 Å². The van der Waals surface area contributed by atoms with Crippen molar-refractivity contribution < 1.29 is 59.2 Å². The monoisotopic (exact) mass is 390 g/mol. The summed E-state index contributed by atoms with van der Waals surface area (Å²) in [6, 6.07) is 3.69. The molecule has 0 aliphatic heterocycles. The summed E-state index contributed by atoms with van der Waals surface area (Å²) in [6.45, 7) is 0.482. The zero-order chi connectivity index (χ0) is 20.1. The minimum Gasteiger partial charge on any atom is -0.545 e. The molecule has 1 aromatic rings. The molecule has 0 saturated heterocycles. The van der Waals surface area contributed by atoms with Crippen molar-refractivity contribution in [2.45, 2.75) is 18.9 Å². The molecule has 11 heteroatoms. The number of hydrogen-bond acceptors (Lipinski definition) is 7. The summed E-state index contributed by atoms with van der Waals surface area (Å²) in [5.41, 5.74) is 10.8. The van der Waals surface area contributed by atoms with Gasteiger partial charge in [0.15, 0.2) is 17.5 Å². The number of carboxylic acids is 2. The normalized spacial score (nSPS) is 10.7. The maximum absolute atomic E-state index is 10.2. The zero-order valence-electron chi connectivity index (χ0n) is 15.3. The number of nitrogens with one attached hydrogen (secondary N) is 2. The van der Waals surface area contributed by atoms with Crippen LogP contribution in [-0.2, 0) is 9.59 Å². The smallest absolute Gasteiger partial charge is 0.545 e. The summed E-state index contributed by atoms with van der Waals surface area (Å²) in [5.74, 6) is -2.07. The zero-order valence-corrected chi connectivity index (χ0v) is 17.3. The number of hydrogen-bond donors (Lipinski definition) is 6. The van der Waals surface area contributed by atoms with E-state index in [1.165, 1.54) is 25.3 Å². The van der Waals surface area contributed by atoms with Crippen LogP contribution in [0.1, 0.15) is 18.4 Å². The van der Waals surface area contributed by atoms with Crippen LogP contribution in [0.5, 0.6) is 11.5 Å². The van der Waals surface area contributed by atoms with Gasteiger partial charge in [-0.15, -0.1) is 0 Å². The first kappa shape index (κ1) is 27.0. The molecule has 0 aliphatic rings. The number of aliphatic carboxylic acids is 2. The Morgan fingerprint density at radius 3 is 2.56 bits per heavy atom. The van der Waals surface area contributed by atoms with Crippen molar-refractivity contribution in [1.29, 1.82) is 5.41 Å². The number of rotatable bonds is 8. The predicted molar refractivity (Wildman–Crippen MR) is 93.5 cm³/mol. The van der Waals surface area contributed by atoms with E-state index < -0.39 is 18.0 Å². The van der Waals surface area contributed by atoms with E-state index in [0.717, 1.165) is 6.08 Å². The molecule has 0 aliphatic carbocycles. The number of aromatic hydroxyl groups is 1. The van der Waals surface area contributed by atoms with Gasteiger partial charge in [0.1, 0.15) is 6.04 Å². The molecule has 0 heterocycles. The van der Waals surface area contributed by atoms with E-state index in [4.69, 9.17) is 26.7 Å². The van der Waals surface area contributed by atoms with Crippen LogP contribution < -0.4 is 56.2 Å². The number of carboxylic acid groups (broad SMARTS) is 2. The van der Waals surface area contributed by atoms with E-state index in [1.807, 2.05) is 0 Å². The minimum atomic E-state index is -1.27. The number of nitrogens with two attached hydrogens (primary N) is 2. The van der Waals surface area contributed by atoms with Crippen molar-refractivity contribution >= 4 is 24.0 Å². The van der Waals surface area contributed by atoms with Crippen molar-refractivity contribution in [3.05, 3.63) is 29.8 Å². The van der Waals surface area contributed by atoms with Gasteiger partial charge in [0.2, 0.25) is 0 Å². The Labute approximate surface area is 179 Å². The third-order valence-corrected chi connectivity index (χ3v) is 2.94. The Bertz CT molecular complexity index is 654. The summed E-state index contributed by atoms with van der Waals surface area (Å²) in [5, 5.41) is 37.1.